The van der Waals surface area contributed by atoms with Gasteiger partial charge in [0, 0.05) is 13.1 Å². The first-order valence-corrected chi connectivity index (χ1v) is 13.7. The Balaban J connectivity index is 1.85. The van der Waals surface area contributed by atoms with Crippen molar-refractivity contribution in [2.75, 3.05) is 0 Å². The third-order valence-electron chi connectivity index (χ3n) is 7.46. The van der Waals surface area contributed by atoms with E-state index in [4.69, 9.17) is 11.5 Å². The van der Waals surface area contributed by atoms with Crippen molar-refractivity contribution in [3.05, 3.63) is 157 Å². The maximum atomic E-state index is 6.16. The minimum atomic E-state index is 0.483. The Kier molecular flexibility index (Phi) is 7.37. The van der Waals surface area contributed by atoms with E-state index >= 15 is 0 Å². The van der Waals surface area contributed by atoms with Crippen molar-refractivity contribution >= 4 is 0 Å². The van der Waals surface area contributed by atoms with Crippen LogP contribution in [-0.2, 0) is 13.1 Å². The van der Waals surface area contributed by atoms with Gasteiger partial charge >= 0.3 is 0 Å². The van der Waals surface area contributed by atoms with E-state index < -0.39 is 0 Å². The molecule has 4 N–H and O–H groups in total. The van der Waals surface area contributed by atoms with Crippen LogP contribution in [0.4, 0.5) is 0 Å². The first-order valence-electron chi connectivity index (χ1n) is 13.7. The molecule has 40 heavy (non-hydrogen) atoms. The zero-order valence-corrected chi connectivity index (χ0v) is 22.4. The highest BCUT2D eigenvalue weighted by atomic mass is 14.5. The van der Waals surface area contributed by atoms with Gasteiger partial charge in [0.15, 0.2) is 0 Å². The Morgan fingerprint density at radius 1 is 0.325 bits per heavy atom. The highest BCUT2D eigenvalue weighted by molar-refractivity contribution is 6.07. The average molecular weight is 517 g/mol. The van der Waals surface area contributed by atoms with Crippen LogP contribution in [0.3, 0.4) is 0 Å². The minimum Gasteiger partial charge on any atom is -0.326 e. The second-order valence-corrected chi connectivity index (χ2v) is 10.0. The molecule has 6 aromatic carbocycles. The molecule has 0 aromatic heterocycles. The third-order valence-corrected chi connectivity index (χ3v) is 7.46. The molecule has 0 unspecified atom stereocenters. The predicted octanol–water partition coefficient (Wildman–Crippen LogP) is 8.94. The Labute approximate surface area is 236 Å². The fraction of sp³-hybridized carbons (Fsp3) is 0.0526. The quantitative estimate of drug-likeness (QED) is 0.222. The lowest BCUT2D eigenvalue weighted by Gasteiger charge is -2.25. The molecule has 0 saturated carbocycles. The normalized spacial score (nSPS) is 10.9. The van der Waals surface area contributed by atoms with Crippen LogP contribution in [0.5, 0.6) is 0 Å². The molecule has 0 spiro atoms. The van der Waals surface area contributed by atoms with Gasteiger partial charge in [0.05, 0.1) is 0 Å². The molecule has 0 aliphatic heterocycles. The molecule has 0 atom stereocenters. The van der Waals surface area contributed by atoms with Gasteiger partial charge in [-0.05, 0) is 85.0 Å². The van der Waals surface area contributed by atoms with Gasteiger partial charge in [-0.2, -0.15) is 0 Å². The van der Waals surface area contributed by atoms with Crippen molar-refractivity contribution in [2.24, 2.45) is 11.5 Å². The summed E-state index contributed by atoms with van der Waals surface area (Å²) in [4.78, 5) is 0. The SMILES string of the molecule is NCc1cccc(-c2c(-c3ccccc3)cc(-c3ccccc3)c(-c3ccccc3)c2-c2cccc(CN)c2)c1. The zero-order valence-electron chi connectivity index (χ0n) is 22.4. The summed E-state index contributed by atoms with van der Waals surface area (Å²) in [5.41, 5.74) is 26.3. The fourth-order valence-corrected chi connectivity index (χ4v) is 5.57. The Morgan fingerprint density at radius 3 is 1.15 bits per heavy atom. The summed E-state index contributed by atoms with van der Waals surface area (Å²) in [6, 6.07) is 51.8. The van der Waals surface area contributed by atoms with Gasteiger partial charge in [-0.25, -0.2) is 0 Å². The zero-order chi connectivity index (χ0) is 27.3. The van der Waals surface area contributed by atoms with Gasteiger partial charge in [-0.15, -0.1) is 0 Å². The number of hydrogen-bond acceptors (Lipinski definition) is 2. The summed E-state index contributed by atoms with van der Waals surface area (Å²) in [5.74, 6) is 0. The van der Waals surface area contributed by atoms with Crippen LogP contribution in [0.15, 0.2) is 146 Å². The smallest absolute Gasteiger partial charge is 0.0178 e. The summed E-state index contributed by atoms with van der Waals surface area (Å²) >= 11 is 0. The maximum absolute atomic E-state index is 6.16. The molecule has 0 bridgehead atoms. The molecule has 0 saturated heterocycles. The summed E-state index contributed by atoms with van der Waals surface area (Å²) < 4.78 is 0. The molecular weight excluding hydrogens is 484 g/mol. The molecule has 6 rings (SSSR count). The monoisotopic (exact) mass is 516 g/mol. The topological polar surface area (TPSA) is 52.0 Å². The molecule has 194 valence electrons. The molecule has 0 radical (unpaired) electrons. The lowest BCUT2D eigenvalue weighted by atomic mass is 9.78. The number of benzene rings is 6. The summed E-state index contributed by atoms with van der Waals surface area (Å²) in [7, 11) is 0. The number of nitrogens with two attached hydrogens (primary N) is 2. The van der Waals surface area contributed by atoms with Crippen LogP contribution in [0.25, 0.3) is 55.6 Å². The van der Waals surface area contributed by atoms with Crippen LogP contribution in [-0.4, -0.2) is 0 Å². The molecular formula is C38H32N2. The van der Waals surface area contributed by atoms with Gasteiger partial charge in [0.1, 0.15) is 0 Å². The standard InChI is InChI=1S/C38H32N2/c39-25-27-12-10-20-32(22-27)37-35(30-16-6-2-7-17-30)24-34(29-14-4-1-5-15-29)36(31-18-8-3-9-19-31)38(37)33-21-11-13-28(23-33)26-40/h1-24H,25-26,39-40H2. The van der Waals surface area contributed by atoms with Crippen LogP contribution < -0.4 is 11.5 Å². The lowest BCUT2D eigenvalue weighted by Crippen LogP contribution is -2.01. The van der Waals surface area contributed by atoms with E-state index in [9.17, 15) is 0 Å². The van der Waals surface area contributed by atoms with Crippen LogP contribution in [0.2, 0.25) is 0 Å². The van der Waals surface area contributed by atoms with Gasteiger partial charge < -0.3 is 11.5 Å². The molecule has 2 nitrogen and oxygen atoms in total. The number of hydrogen-bond donors (Lipinski definition) is 2. The van der Waals surface area contributed by atoms with Crippen molar-refractivity contribution < 1.29 is 0 Å². The van der Waals surface area contributed by atoms with E-state index in [1.165, 1.54) is 44.5 Å². The van der Waals surface area contributed by atoms with Crippen molar-refractivity contribution in [3.8, 4) is 55.6 Å². The van der Waals surface area contributed by atoms with E-state index in [0.29, 0.717) is 13.1 Å². The lowest BCUT2D eigenvalue weighted by molar-refractivity contribution is 1.07. The number of rotatable bonds is 7. The maximum Gasteiger partial charge on any atom is 0.0178 e. The summed E-state index contributed by atoms with van der Waals surface area (Å²) in [6.07, 6.45) is 0. The highest BCUT2D eigenvalue weighted by Gasteiger charge is 2.23. The van der Waals surface area contributed by atoms with Gasteiger partial charge in [-0.1, -0.05) is 127 Å². The molecule has 0 aliphatic carbocycles. The largest absolute Gasteiger partial charge is 0.326 e. The third kappa shape index (κ3) is 4.99. The van der Waals surface area contributed by atoms with Crippen molar-refractivity contribution in [1.29, 1.82) is 0 Å². The fourth-order valence-electron chi connectivity index (χ4n) is 5.57. The van der Waals surface area contributed by atoms with Gasteiger partial charge in [0.2, 0.25) is 0 Å². The molecule has 2 heteroatoms. The second kappa shape index (κ2) is 11.5. The summed E-state index contributed by atoms with van der Waals surface area (Å²) in [5, 5.41) is 0. The Hall–Kier alpha value is -4.76. The van der Waals surface area contributed by atoms with E-state index in [-0.39, 0.29) is 0 Å². The molecule has 6 aromatic rings. The van der Waals surface area contributed by atoms with Crippen molar-refractivity contribution in [1.82, 2.24) is 0 Å². The van der Waals surface area contributed by atoms with Crippen molar-refractivity contribution in [3.63, 3.8) is 0 Å². The van der Waals surface area contributed by atoms with E-state index in [1.54, 1.807) is 0 Å². The van der Waals surface area contributed by atoms with Crippen molar-refractivity contribution in [2.45, 2.75) is 13.1 Å². The van der Waals surface area contributed by atoms with E-state index in [1.807, 2.05) is 0 Å². The minimum absolute atomic E-state index is 0.483. The Bertz CT molecular complexity index is 1740. The van der Waals surface area contributed by atoms with Crippen LogP contribution in [0, 0.1) is 0 Å². The molecule has 0 fully saturated rings. The molecule has 0 heterocycles. The first-order chi connectivity index (χ1) is 19.8. The predicted molar refractivity (Wildman–Crippen MR) is 169 cm³/mol. The Morgan fingerprint density at radius 2 is 0.700 bits per heavy atom. The molecule has 0 aliphatic rings. The van der Waals surface area contributed by atoms with Crippen LogP contribution >= 0.6 is 0 Å². The summed E-state index contributed by atoms with van der Waals surface area (Å²) in [6.45, 7) is 0.969. The van der Waals surface area contributed by atoms with E-state index in [0.717, 1.165) is 22.3 Å². The first kappa shape index (κ1) is 25.5. The molecule has 0 amide bonds. The average Bonchev–Trinajstić information content (AvgIpc) is 3.05. The van der Waals surface area contributed by atoms with Gasteiger partial charge in [0.25, 0.3) is 0 Å². The van der Waals surface area contributed by atoms with Crippen LogP contribution in [0.1, 0.15) is 11.1 Å². The second-order valence-electron chi connectivity index (χ2n) is 10.0. The van der Waals surface area contributed by atoms with Gasteiger partial charge in [-0.3, -0.25) is 0 Å². The highest BCUT2D eigenvalue weighted by Crippen LogP contribution is 2.50. The van der Waals surface area contributed by atoms with E-state index in [2.05, 4.69) is 146 Å².